The Hall–Kier alpha value is -3.05. The number of fused-ring (bicyclic) bond motifs is 1. The lowest BCUT2D eigenvalue weighted by atomic mass is 10.1. The SMILES string of the molecule is C[C@H](Oc1ccc(Cl)cc1)C(=O)OCC(=O)Nc1cccc2ccccc12. The fourth-order valence-corrected chi connectivity index (χ4v) is 2.67. The molecule has 3 rings (SSSR count). The van der Waals surface area contributed by atoms with E-state index in [1.807, 2.05) is 36.4 Å². The minimum atomic E-state index is -0.850. The quantitative estimate of drug-likeness (QED) is 0.639. The van der Waals surface area contributed by atoms with Crippen LogP contribution >= 0.6 is 11.6 Å². The average molecular weight is 384 g/mol. The zero-order valence-corrected chi connectivity index (χ0v) is 15.4. The maximum Gasteiger partial charge on any atom is 0.347 e. The molecule has 0 aromatic heterocycles. The second kappa shape index (κ2) is 8.56. The number of benzene rings is 3. The van der Waals surface area contributed by atoms with Crippen molar-refractivity contribution in [1.29, 1.82) is 0 Å². The second-order valence-corrected chi connectivity index (χ2v) is 6.33. The van der Waals surface area contributed by atoms with Crippen molar-refractivity contribution >= 4 is 39.9 Å². The highest BCUT2D eigenvalue weighted by atomic mass is 35.5. The number of halogens is 1. The first kappa shape index (κ1) is 18.7. The maximum atomic E-state index is 12.1. The molecule has 1 amide bonds. The second-order valence-electron chi connectivity index (χ2n) is 5.90. The third kappa shape index (κ3) is 4.99. The number of carbonyl (C=O) groups is 2. The molecule has 0 bridgehead atoms. The summed E-state index contributed by atoms with van der Waals surface area (Å²) in [5.74, 6) is -0.555. The number of hydrogen-bond donors (Lipinski definition) is 1. The van der Waals surface area contributed by atoms with Crippen LogP contribution in [-0.2, 0) is 14.3 Å². The molecular weight excluding hydrogens is 366 g/mol. The molecule has 0 spiro atoms. The lowest BCUT2D eigenvalue weighted by molar-refractivity contribution is -0.153. The Morgan fingerprint density at radius 2 is 1.70 bits per heavy atom. The number of ether oxygens (including phenoxy) is 2. The monoisotopic (exact) mass is 383 g/mol. The molecule has 3 aromatic rings. The van der Waals surface area contributed by atoms with E-state index in [2.05, 4.69) is 5.32 Å². The van der Waals surface area contributed by atoms with Crippen molar-refractivity contribution in [3.63, 3.8) is 0 Å². The van der Waals surface area contributed by atoms with Crippen LogP contribution in [0.1, 0.15) is 6.92 Å². The van der Waals surface area contributed by atoms with Crippen molar-refractivity contribution in [2.75, 3.05) is 11.9 Å². The van der Waals surface area contributed by atoms with Crippen molar-refractivity contribution in [3.05, 3.63) is 71.8 Å². The van der Waals surface area contributed by atoms with E-state index in [-0.39, 0.29) is 0 Å². The molecule has 138 valence electrons. The van der Waals surface area contributed by atoms with Crippen LogP contribution in [0.4, 0.5) is 5.69 Å². The van der Waals surface area contributed by atoms with E-state index in [4.69, 9.17) is 21.1 Å². The molecule has 0 heterocycles. The van der Waals surface area contributed by atoms with Crippen molar-refractivity contribution < 1.29 is 19.1 Å². The van der Waals surface area contributed by atoms with Gasteiger partial charge in [0.25, 0.3) is 5.91 Å². The van der Waals surface area contributed by atoms with Gasteiger partial charge in [0, 0.05) is 16.1 Å². The molecule has 0 aliphatic rings. The van der Waals surface area contributed by atoms with E-state index in [9.17, 15) is 9.59 Å². The van der Waals surface area contributed by atoms with Crippen LogP contribution < -0.4 is 10.1 Å². The van der Waals surface area contributed by atoms with E-state index < -0.39 is 24.6 Å². The first-order valence-corrected chi connectivity index (χ1v) is 8.77. The van der Waals surface area contributed by atoms with Gasteiger partial charge in [0.1, 0.15) is 5.75 Å². The van der Waals surface area contributed by atoms with Crippen molar-refractivity contribution in [3.8, 4) is 5.75 Å². The smallest absolute Gasteiger partial charge is 0.347 e. The van der Waals surface area contributed by atoms with Gasteiger partial charge in [0.05, 0.1) is 0 Å². The van der Waals surface area contributed by atoms with E-state index in [0.717, 1.165) is 10.8 Å². The molecule has 0 saturated heterocycles. The highest BCUT2D eigenvalue weighted by Gasteiger charge is 2.18. The number of hydrogen-bond acceptors (Lipinski definition) is 4. The van der Waals surface area contributed by atoms with Crippen LogP contribution in [0.5, 0.6) is 5.75 Å². The summed E-state index contributed by atoms with van der Waals surface area (Å²) in [7, 11) is 0. The third-order valence-corrected chi connectivity index (χ3v) is 4.12. The topological polar surface area (TPSA) is 64.6 Å². The average Bonchev–Trinajstić information content (AvgIpc) is 2.68. The van der Waals surface area contributed by atoms with Crippen LogP contribution in [0, 0.1) is 0 Å². The van der Waals surface area contributed by atoms with Crippen molar-refractivity contribution in [2.45, 2.75) is 13.0 Å². The number of carbonyl (C=O) groups excluding carboxylic acids is 2. The van der Waals surface area contributed by atoms with Crippen LogP contribution in [0.2, 0.25) is 5.02 Å². The Bertz CT molecular complexity index is 951. The summed E-state index contributed by atoms with van der Waals surface area (Å²) in [6.45, 7) is 1.16. The van der Waals surface area contributed by atoms with Crippen LogP contribution in [0.25, 0.3) is 10.8 Å². The molecule has 0 aliphatic carbocycles. The molecule has 1 atom stereocenters. The maximum absolute atomic E-state index is 12.1. The molecule has 0 radical (unpaired) electrons. The van der Waals surface area contributed by atoms with E-state index in [0.29, 0.717) is 16.5 Å². The van der Waals surface area contributed by atoms with Gasteiger partial charge in [-0.3, -0.25) is 4.79 Å². The molecule has 3 aromatic carbocycles. The van der Waals surface area contributed by atoms with Gasteiger partial charge in [-0.15, -0.1) is 0 Å². The van der Waals surface area contributed by atoms with Gasteiger partial charge in [-0.1, -0.05) is 48.0 Å². The molecule has 0 saturated carbocycles. The molecule has 6 heteroatoms. The fraction of sp³-hybridized carbons (Fsp3) is 0.143. The summed E-state index contributed by atoms with van der Waals surface area (Å²) in [5.41, 5.74) is 0.666. The molecule has 0 unspecified atom stereocenters. The Labute approximate surface area is 161 Å². The van der Waals surface area contributed by atoms with Crippen LogP contribution in [0.15, 0.2) is 66.7 Å². The minimum absolute atomic E-state index is 0.392. The Morgan fingerprint density at radius 1 is 1.00 bits per heavy atom. The standard InChI is InChI=1S/C21H18ClNO4/c1-14(27-17-11-9-16(22)10-12-17)21(25)26-13-20(24)23-19-8-4-6-15-5-2-3-7-18(15)19/h2-12,14H,13H2,1H3,(H,23,24)/t14-/m0/s1. The Balaban J connectivity index is 1.53. The van der Waals surface area contributed by atoms with Gasteiger partial charge in [0.2, 0.25) is 0 Å². The summed E-state index contributed by atoms with van der Waals surface area (Å²) >= 11 is 5.81. The van der Waals surface area contributed by atoms with Gasteiger partial charge in [0.15, 0.2) is 12.7 Å². The molecular formula is C21H18ClNO4. The van der Waals surface area contributed by atoms with Gasteiger partial charge < -0.3 is 14.8 Å². The normalized spacial score (nSPS) is 11.6. The van der Waals surface area contributed by atoms with Crippen LogP contribution in [0.3, 0.4) is 0 Å². The number of esters is 1. The third-order valence-electron chi connectivity index (χ3n) is 3.87. The van der Waals surface area contributed by atoms with Gasteiger partial charge in [-0.05, 0) is 42.6 Å². The summed E-state index contributed by atoms with van der Waals surface area (Å²) in [6, 6.07) is 19.9. The van der Waals surface area contributed by atoms with E-state index in [1.165, 1.54) is 0 Å². The summed E-state index contributed by atoms with van der Waals surface area (Å²) in [5, 5.41) is 5.26. The Morgan fingerprint density at radius 3 is 2.48 bits per heavy atom. The summed E-state index contributed by atoms with van der Waals surface area (Å²) in [6.07, 6.45) is -0.850. The fourth-order valence-electron chi connectivity index (χ4n) is 2.54. The molecule has 1 N–H and O–H groups in total. The van der Waals surface area contributed by atoms with Crippen molar-refractivity contribution in [2.24, 2.45) is 0 Å². The van der Waals surface area contributed by atoms with Crippen LogP contribution in [-0.4, -0.2) is 24.6 Å². The molecule has 5 nitrogen and oxygen atoms in total. The van der Waals surface area contributed by atoms with Crippen molar-refractivity contribution in [1.82, 2.24) is 0 Å². The number of nitrogens with one attached hydrogen (secondary N) is 1. The molecule has 0 fully saturated rings. The van der Waals surface area contributed by atoms with Gasteiger partial charge in [-0.25, -0.2) is 4.79 Å². The molecule has 0 aliphatic heterocycles. The number of amides is 1. The summed E-state index contributed by atoms with van der Waals surface area (Å²) in [4.78, 5) is 24.2. The van der Waals surface area contributed by atoms with Gasteiger partial charge in [-0.2, -0.15) is 0 Å². The first-order chi connectivity index (χ1) is 13.0. The number of anilines is 1. The Kier molecular flexibility index (Phi) is 5.94. The minimum Gasteiger partial charge on any atom is -0.479 e. The lowest BCUT2D eigenvalue weighted by Gasteiger charge is -2.14. The van der Waals surface area contributed by atoms with E-state index in [1.54, 1.807) is 37.3 Å². The largest absolute Gasteiger partial charge is 0.479 e. The lowest BCUT2D eigenvalue weighted by Crippen LogP contribution is -2.29. The first-order valence-electron chi connectivity index (χ1n) is 8.39. The zero-order chi connectivity index (χ0) is 19.2. The summed E-state index contributed by atoms with van der Waals surface area (Å²) < 4.78 is 10.5. The van der Waals surface area contributed by atoms with E-state index >= 15 is 0 Å². The predicted octanol–water partition coefficient (Wildman–Crippen LogP) is 4.44. The molecule has 27 heavy (non-hydrogen) atoms. The highest BCUT2D eigenvalue weighted by Crippen LogP contribution is 2.23. The highest BCUT2D eigenvalue weighted by molar-refractivity contribution is 6.30. The predicted molar refractivity (Wildman–Crippen MR) is 105 cm³/mol. The van der Waals surface area contributed by atoms with Gasteiger partial charge >= 0.3 is 5.97 Å². The zero-order valence-electron chi connectivity index (χ0n) is 14.6. The number of rotatable bonds is 6.